The van der Waals surface area contributed by atoms with Crippen LogP contribution in [0.4, 0.5) is 4.79 Å². The van der Waals surface area contributed by atoms with Crippen molar-refractivity contribution >= 4 is 22.8 Å². The number of carboxylic acids is 1. The number of carbonyl (C=O) groups excluding carboxylic acids is 1. The van der Waals surface area contributed by atoms with Crippen molar-refractivity contribution in [1.29, 1.82) is 0 Å². The highest BCUT2D eigenvalue weighted by Gasteiger charge is 2.21. The normalized spacial score (nSPS) is 15.4. The van der Waals surface area contributed by atoms with Crippen LogP contribution >= 0.6 is 0 Å². The molecule has 0 radical (unpaired) electrons. The fraction of sp³-hybridized carbons (Fsp3) is 0.833. The van der Waals surface area contributed by atoms with Crippen molar-refractivity contribution in [2.24, 2.45) is 0 Å². The van der Waals surface area contributed by atoms with Crippen molar-refractivity contribution in [3.05, 3.63) is 0 Å². The van der Waals surface area contributed by atoms with Crippen molar-refractivity contribution in [1.82, 2.24) is 10.2 Å². The SMILES string of the molecule is CCN(C(=O)NC(C)CCS(C)=O)C(C)CC(=O)O. The van der Waals surface area contributed by atoms with E-state index < -0.39 is 16.8 Å². The Morgan fingerprint density at radius 3 is 2.37 bits per heavy atom. The molecule has 0 fully saturated rings. The number of hydrogen-bond donors (Lipinski definition) is 2. The summed E-state index contributed by atoms with van der Waals surface area (Å²) in [6.45, 7) is 5.82. The predicted molar refractivity (Wildman–Crippen MR) is 75.6 cm³/mol. The molecule has 3 unspecified atom stereocenters. The Morgan fingerprint density at radius 2 is 1.95 bits per heavy atom. The summed E-state index contributed by atoms with van der Waals surface area (Å²) in [5, 5.41) is 11.5. The zero-order valence-corrected chi connectivity index (χ0v) is 12.8. The van der Waals surface area contributed by atoms with Gasteiger partial charge in [-0.3, -0.25) is 9.00 Å². The summed E-state index contributed by atoms with van der Waals surface area (Å²) < 4.78 is 11.0. The largest absolute Gasteiger partial charge is 0.481 e. The van der Waals surface area contributed by atoms with Gasteiger partial charge in [-0.15, -0.1) is 0 Å². The van der Waals surface area contributed by atoms with Crippen molar-refractivity contribution < 1.29 is 18.9 Å². The second-order valence-electron chi connectivity index (χ2n) is 4.65. The van der Waals surface area contributed by atoms with E-state index in [0.717, 1.165) is 0 Å². The van der Waals surface area contributed by atoms with Crippen LogP contribution < -0.4 is 5.32 Å². The number of aliphatic carboxylic acids is 1. The standard InChI is InChI=1S/C12H24N2O4S/c1-5-14(10(3)8-11(15)16)12(17)13-9(2)6-7-19(4)18/h9-10H,5-8H2,1-4H3,(H,13,17)(H,15,16). The highest BCUT2D eigenvalue weighted by atomic mass is 32.2. The van der Waals surface area contributed by atoms with Crippen LogP contribution in [0.5, 0.6) is 0 Å². The van der Waals surface area contributed by atoms with Gasteiger partial charge in [0.1, 0.15) is 0 Å². The summed E-state index contributed by atoms with van der Waals surface area (Å²) in [4.78, 5) is 24.2. The Labute approximate surface area is 117 Å². The molecule has 0 aliphatic rings. The van der Waals surface area contributed by atoms with E-state index in [1.54, 1.807) is 13.2 Å². The Hall–Kier alpha value is -1.11. The minimum Gasteiger partial charge on any atom is -0.481 e. The lowest BCUT2D eigenvalue weighted by Gasteiger charge is -2.28. The van der Waals surface area contributed by atoms with Gasteiger partial charge in [-0.1, -0.05) is 0 Å². The van der Waals surface area contributed by atoms with Gasteiger partial charge in [-0.25, -0.2) is 4.79 Å². The van der Waals surface area contributed by atoms with Gasteiger partial charge in [0.25, 0.3) is 0 Å². The zero-order chi connectivity index (χ0) is 15.0. The molecule has 0 saturated heterocycles. The average Bonchev–Trinajstić information content (AvgIpc) is 2.26. The Balaban J connectivity index is 4.34. The van der Waals surface area contributed by atoms with Gasteiger partial charge in [-0.2, -0.15) is 0 Å². The van der Waals surface area contributed by atoms with Gasteiger partial charge < -0.3 is 15.3 Å². The van der Waals surface area contributed by atoms with E-state index in [4.69, 9.17) is 5.11 Å². The van der Waals surface area contributed by atoms with E-state index in [1.807, 2.05) is 13.8 Å². The third kappa shape index (κ3) is 7.81. The molecule has 0 saturated carbocycles. The second kappa shape index (κ2) is 8.90. The van der Waals surface area contributed by atoms with E-state index >= 15 is 0 Å². The van der Waals surface area contributed by atoms with Gasteiger partial charge in [0, 0.05) is 41.4 Å². The fourth-order valence-corrected chi connectivity index (χ4v) is 2.41. The number of urea groups is 1. The Kier molecular flexibility index (Phi) is 8.38. The predicted octanol–water partition coefficient (Wildman–Crippen LogP) is 1.04. The number of nitrogens with zero attached hydrogens (tertiary/aromatic N) is 1. The molecule has 7 heteroatoms. The molecule has 2 amide bonds. The molecular weight excluding hydrogens is 268 g/mol. The summed E-state index contributed by atoms with van der Waals surface area (Å²) in [7, 11) is -0.873. The molecule has 0 aliphatic heterocycles. The van der Waals surface area contributed by atoms with Gasteiger partial charge in [0.2, 0.25) is 0 Å². The zero-order valence-electron chi connectivity index (χ0n) is 12.0. The third-order valence-electron chi connectivity index (χ3n) is 2.81. The number of nitrogens with one attached hydrogen (secondary N) is 1. The summed E-state index contributed by atoms with van der Waals surface area (Å²) >= 11 is 0. The van der Waals surface area contributed by atoms with Crippen molar-refractivity contribution in [2.45, 2.75) is 45.7 Å². The van der Waals surface area contributed by atoms with E-state index in [9.17, 15) is 13.8 Å². The molecule has 0 aromatic carbocycles. The fourth-order valence-electron chi connectivity index (χ4n) is 1.73. The van der Waals surface area contributed by atoms with Crippen LogP contribution in [-0.2, 0) is 15.6 Å². The third-order valence-corrected chi connectivity index (χ3v) is 3.62. The lowest BCUT2D eigenvalue weighted by molar-refractivity contribution is -0.138. The Morgan fingerprint density at radius 1 is 1.37 bits per heavy atom. The van der Waals surface area contributed by atoms with Crippen LogP contribution in [0, 0.1) is 0 Å². The molecular formula is C12H24N2O4S. The maximum absolute atomic E-state index is 12.0. The van der Waals surface area contributed by atoms with Gasteiger partial charge in [0.05, 0.1) is 6.42 Å². The topological polar surface area (TPSA) is 86.7 Å². The lowest BCUT2D eigenvalue weighted by atomic mass is 10.2. The molecule has 0 heterocycles. The number of amides is 2. The van der Waals surface area contributed by atoms with E-state index in [2.05, 4.69) is 5.32 Å². The first kappa shape index (κ1) is 17.9. The van der Waals surface area contributed by atoms with E-state index in [1.165, 1.54) is 4.90 Å². The molecule has 0 aromatic rings. The summed E-state index contributed by atoms with van der Waals surface area (Å²) in [6, 6.07) is -0.705. The Bertz CT molecular complexity index is 336. The molecule has 0 bridgehead atoms. The van der Waals surface area contributed by atoms with Crippen LogP contribution in [0.25, 0.3) is 0 Å². The molecule has 112 valence electrons. The maximum atomic E-state index is 12.0. The number of carboxylic acid groups (broad SMARTS) is 1. The van der Waals surface area contributed by atoms with Crippen molar-refractivity contribution in [3.63, 3.8) is 0 Å². The maximum Gasteiger partial charge on any atom is 0.317 e. The minimum absolute atomic E-state index is 0.0748. The summed E-state index contributed by atoms with van der Waals surface area (Å²) in [6.07, 6.45) is 2.19. The number of carbonyl (C=O) groups is 2. The molecule has 3 atom stereocenters. The highest BCUT2D eigenvalue weighted by Crippen LogP contribution is 2.05. The summed E-state index contributed by atoms with van der Waals surface area (Å²) in [5.74, 6) is -0.383. The first-order valence-electron chi connectivity index (χ1n) is 6.36. The lowest BCUT2D eigenvalue weighted by Crippen LogP contribution is -2.48. The van der Waals surface area contributed by atoms with Gasteiger partial charge in [0.15, 0.2) is 0 Å². The first-order valence-corrected chi connectivity index (χ1v) is 8.09. The van der Waals surface area contributed by atoms with Gasteiger partial charge in [-0.05, 0) is 27.2 Å². The molecule has 0 spiro atoms. The molecule has 19 heavy (non-hydrogen) atoms. The first-order chi connectivity index (χ1) is 8.77. The molecule has 6 nitrogen and oxygen atoms in total. The average molecular weight is 292 g/mol. The monoisotopic (exact) mass is 292 g/mol. The summed E-state index contributed by atoms with van der Waals surface area (Å²) in [5.41, 5.74) is 0. The molecule has 0 aromatic heterocycles. The minimum atomic E-state index is -0.923. The van der Waals surface area contributed by atoms with Crippen molar-refractivity contribution in [3.8, 4) is 0 Å². The number of hydrogen-bond acceptors (Lipinski definition) is 3. The van der Waals surface area contributed by atoms with Crippen LogP contribution in [0.3, 0.4) is 0 Å². The number of rotatable bonds is 8. The van der Waals surface area contributed by atoms with E-state index in [-0.39, 0.29) is 24.5 Å². The molecule has 0 aliphatic carbocycles. The van der Waals surface area contributed by atoms with Crippen LogP contribution in [0.1, 0.15) is 33.6 Å². The molecule has 2 N–H and O–H groups in total. The quantitative estimate of drug-likeness (QED) is 0.700. The van der Waals surface area contributed by atoms with Crippen molar-refractivity contribution in [2.75, 3.05) is 18.6 Å². The smallest absolute Gasteiger partial charge is 0.317 e. The van der Waals surface area contributed by atoms with Crippen LogP contribution in [-0.4, -0.2) is 56.9 Å². The second-order valence-corrected chi connectivity index (χ2v) is 6.20. The highest BCUT2D eigenvalue weighted by molar-refractivity contribution is 7.84. The van der Waals surface area contributed by atoms with Crippen LogP contribution in [0.2, 0.25) is 0 Å². The van der Waals surface area contributed by atoms with Crippen LogP contribution in [0.15, 0.2) is 0 Å². The molecule has 0 rings (SSSR count). The van der Waals surface area contributed by atoms with Gasteiger partial charge >= 0.3 is 12.0 Å². The van der Waals surface area contributed by atoms with E-state index in [0.29, 0.717) is 18.7 Å².